The van der Waals surface area contributed by atoms with Gasteiger partial charge < -0.3 is 5.11 Å². The summed E-state index contributed by atoms with van der Waals surface area (Å²) in [7, 11) is -3.46. The average molecular weight is 258 g/mol. The number of nitrogens with zero attached hydrogens (tertiary/aromatic N) is 2. The van der Waals surface area contributed by atoms with Gasteiger partial charge in [-0.2, -0.15) is 4.31 Å². The largest absolute Gasteiger partial charge is 0.395 e. The molecule has 0 radical (unpaired) electrons. The van der Waals surface area contributed by atoms with E-state index in [4.69, 9.17) is 5.11 Å². The summed E-state index contributed by atoms with van der Waals surface area (Å²) in [5.41, 5.74) is 0.697. The molecule has 1 atom stereocenters. The van der Waals surface area contributed by atoms with Gasteiger partial charge in [-0.15, -0.1) is 0 Å². The fraction of sp³-hybridized carbons (Fsp3) is 0.545. The van der Waals surface area contributed by atoms with Crippen molar-refractivity contribution in [2.75, 3.05) is 13.2 Å². The first-order valence-electron chi connectivity index (χ1n) is 5.52. The smallest absolute Gasteiger partial charge is 0.219 e. The highest BCUT2D eigenvalue weighted by Gasteiger charge is 2.27. The van der Waals surface area contributed by atoms with Gasteiger partial charge in [0, 0.05) is 12.7 Å². The molecule has 1 unspecified atom stereocenters. The van der Waals surface area contributed by atoms with E-state index in [-0.39, 0.29) is 13.2 Å². The summed E-state index contributed by atoms with van der Waals surface area (Å²) >= 11 is 0. The lowest BCUT2D eigenvalue weighted by Crippen LogP contribution is -2.38. The zero-order valence-electron chi connectivity index (χ0n) is 10.1. The highest BCUT2D eigenvalue weighted by Crippen LogP contribution is 2.12. The van der Waals surface area contributed by atoms with Crippen LogP contribution in [0.5, 0.6) is 0 Å². The third kappa shape index (κ3) is 3.49. The lowest BCUT2D eigenvalue weighted by molar-refractivity contribution is 0.288. The predicted molar refractivity (Wildman–Crippen MR) is 65.8 cm³/mol. The van der Waals surface area contributed by atoms with Crippen LogP contribution in [0, 0.1) is 0 Å². The van der Waals surface area contributed by atoms with E-state index in [1.807, 2.05) is 6.07 Å². The van der Waals surface area contributed by atoms with Crippen LogP contribution in [-0.2, 0) is 16.6 Å². The quantitative estimate of drug-likeness (QED) is 0.811. The summed E-state index contributed by atoms with van der Waals surface area (Å²) in [5, 5.41) is 8.17. The molecular formula is C11H18N2O3S. The van der Waals surface area contributed by atoms with E-state index < -0.39 is 15.3 Å². The van der Waals surface area contributed by atoms with Gasteiger partial charge in [-0.25, -0.2) is 8.42 Å². The Hall–Kier alpha value is -0.980. The maximum atomic E-state index is 12.0. The van der Waals surface area contributed by atoms with Gasteiger partial charge in [0.05, 0.1) is 24.1 Å². The minimum Gasteiger partial charge on any atom is -0.395 e. The van der Waals surface area contributed by atoms with Crippen molar-refractivity contribution in [1.29, 1.82) is 0 Å². The molecule has 1 N–H and O–H groups in total. The second-order valence-corrected chi connectivity index (χ2v) is 6.14. The van der Waals surface area contributed by atoms with Gasteiger partial charge in [-0.05, 0) is 19.1 Å². The topological polar surface area (TPSA) is 70.5 Å². The molecule has 6 heteroatoms. The molecule has 1 aromatic heterocycles. The van der Waals surface area contributed by atoms with Crippen molar-refractivity contribution in [2.24, 2.45) is 0 Å². The van der Waals surface area contributed by atoms with Crippen LogP contribution < -0.4 is 0 Å². The van der Waals surface area contributed by atoms with E-state index in [0.29, 0.717) is 12.2 Å². The third-order valence-corrected chi connectivity index (χ3v) is 4.82. The van der Waals surface area contributed by atoms with Crippen LogP contribution in [0.1, 0.15) is 19.5 Å². The summed E-state index contributed by atoms with van der Waals surface area (Å²) in [6.07, 6.45) is 1.63. The molecule has 5 nitrogen and oxygen atoms in total. The van der Waals surface area contributed by atoms with Gasteiger partial charge in [0.1, 0.15) is 0 Å². The Morgan fingerprint density at radius 3 is 2.65 bits per heavy atom. The normalized spacial score (nSPS) is 13.9. The van der Waals surface area contributed by atoms with Gasteiger partial charge in [-0.1, -0.05) is 13.0 Å². The monoisotopic (exact) mass is 258 g/mol. The summed E-state index contributed by atoms with van der Waals surface area (Å²) in [4.78, 5) is 4.10. The van der Waals surface area contributed by atoms with Crippen molar-refractivity contribution in [3.63, 3.8) is 0 Å². The molecule has 17 heavy (non-hydrogen) atoms. The zero-order chi connectivity index (χ0) is 12.9. The first-order valence-corrected chi connectivity index (χ1v) is 7.02. The average Bonchev–Trinajstić information content (AvgIpc) is 2.35. The van der Waals surface area contributed by atoms with E-state index >= 15 is 0 Å². The molecule has 0 saturated carbocycles. The van der Waals surface area contributed by atoms with Crippen molar-refractivity contribution in [1.82, 2.24) is 9.29 Å². The molecule has 0 fully saturated rings. The SMILES string of the molecule is CCN(Cc1ccccn1)S(=O)(=O)C(C)CO. The summed E-state index contributed by atoms with van der Waals surface area (Å²) in [6, 6.07) is 5.38. The first kappa shape index (κ1) is 14.1. The van der Waals surface area contributed by atoms with Crippen LogP contribution >= 0.6 is 0 Å². The molecule has 0 aliphatic heterocycles. The Bertz CT molecular complexity index is 433. The first-order chi connectivity index (χ1) is 8.02. The summed E-state index contributed by atoms with van der Waals surface area (Å²) in [6.45, 7) is 3.50. The van der Waals surface area contributed by atoms with Crippen LogP contribution in [0.2, 0.25) is 0 Å². The van der Waals surface area contributed by atoms with Gasteiger partial charge in [-0.3, -0.25) is 4.98 Å². The highest BCUT2D eigenvalue weighted by atomic mass is 32.2. The summed E-state index contributed by atoms with van der Waals surface area (Å²) < 4.78 is 25.4. The molecule has 0 aliphatic carbocycles. The van der Waals surface area contributed by atoms with Crippen molar-refractivity contribution in [2.45, 2.75) is 25.6 Å². The van der Waals surface area contributed by atoms with Crippen LogP contribution in [0.4, 0.5) is 0 Å². The number of rotatable bonds is 6. The van der Waals surface area contributed by atoms with Crippen molar-refractivity contribution in [3.8, 4) is 0 Å². The number of aromatic nitrogens is 1. The van der Waals surface area contributed by atoms with Gasteiger partial charge in [0.15, 0.2) is 0 Å². The summed E-state index contributed by atoms with van der Waals surface area (Å²) in [5.74, 6) is 0. The van der Waals surface area contributed by atoms with Gasteiger partial charge in [0.25, 0.3) is 0 Å². The molecule has 1 aromatic rings. The lowest BCUT2D eigenvalue weighted by atomic mass is 10.3. The fourth-order valence-corrected chi connectivity index (χ4v) is 2.77. The molecule has 0 saturated heterocycles. The lowest BCUT2D eigenvalue weighted by Gasteiger charge is -2.23. The number of sulfonamides is 1. The molecule has 1 heterocycles. The van der Waals surface area contributed by atoms with E-state index in [9.17, 15) is 8.42 Å². The Kier molecular flexibility index (Phi) is 5.04. The van der Waals surface area contributed by atoms with Gasteiger partial charge >= 0.3 is 0 Å². The molecule has 0 spiro atoms. The number of pyridine rings is 1. The Balaban J connectivity index is 2.86. The molecule has 0 bridgehead atoms. The van der Waals surface area contributed by atoms with E-state index in [2.05, 4.69) is 4.98 Å². The van der Waals surface area contributed by atoms with E-state index in [0.717, 1.165) is 0 Å². The van der Waals surface area contributed by atoms with E-state index in [1.165, 1.54) is 11.2 Å². The minimum atomic E-state index is -3.46. The standard InChI is InChI=1S/C11H18N2O3S/c1-3-13(17(15,16)10(2)9-14)8-11-6-4-5-7-12-11/h4-7,10,14H,3,8-9H2,1-2H3. The second kappa shape index (κ2) is 6.09. The maximum absolute atomic E-state index is 12.0. The Morgan fingerprint density at radius 2 is 2.18 bits per heavy atom. The van der Waals surface area contributed by atoms with Crippen LogP contribution in [-0.4, -0.2) is 41.2 Å². The molecule has 0 aliphatic rings. The number of aliphatic hydroxyl groups excluding tert-OH is 1. The van der Waals surface area contributed by atoms with Crippen molar-refractivity contribution < 1.29 is 13.5 Å². The Labute approximate surface area is 102 Å². The van der Waals surface area contributed by atoms with E-state index in [1.54, 1.807) is 25.3 Å². The Morgan fingerprint density at radius 1 is 1.47 bits per heavy atom. The molecule has 96 valence electrons. The van der Waals surface area contributed by atoms with Crippen molar-refractivity contribution in [3.05, 3.63) is 30.1 Å². The predicted octanol–water partition coefficient (Wildman–Crippen LogP) is 0.614. The fourth-order valence-electron chi connectivity index (χ4n) is 1.40. The number of hydrogen-bond acceptors (Lipinski definition) is 4. The highest BCUT2D eigenvalue weighted by molar-refractivity contribution is 7.89. The van der Waals surface area contributed by atoms with Crippen LogP contribution in [0.25, 0.3) is 0 Å². The van der Waals surface area contributed by atoms with Crippen LogP contribution in [0.3, 0.4) is 0 Å². The molecule has 1 rings (SSSR count). The molecule has 0 aromatic carbocycles. The van der Waals surface area contributed by atoms with Crippen molar-refractivity contribution >= 4 is 10.0 Å². The zero-order valence-corrected chi connectivity index (χ0v) is 10.9. The number of aliphatic hydroxyl groups is 1. The van der Waals surface area contributed by atoms with Gasteiger partial charge in [0.2, 0.25) is 10.0 Å². The molecular weight excluding hydrogens is 240 g/mol. The number of hydrogen-bond donors (Lipinski definition) is 1. The second-order valence-electron chi connectivity index (χ2n) is 3.79. The minimum absolute atomic E-state index is 0.240. The third-order valence-electron chi connectivity index (χ3n) is 2.54. The van der Waals surface area contributed by atoms with Crippen LogP contribution in [0.15, 0.2) is 24.4 Å². The maximum Gasteiger partial charge on any atom is 0.219 e. The molecule has 0 amide bonds.